The molecule has 3 rings (SSSR count). The average molecular weight is 328 g/mol. The molecule has 0 spiro atoms. The standard InChI is InChI=1S/C16H12N2O2S2/c19-15(11-6-8-21-10-11)17-12-3-1-4-13(9-12)18-16(20)14-5-2-7-22-14/h1-10H,(H,17,19)(H,18,20). The van der Waals surface area contributed by atoms with E-state index in [1.54, 1.807) is 41.8 Å². The van der Waals surface area contributed by atoms with Gasteiger partial charge in [0, 0.05) is 16.8 Å². The molecule has 1 aromatic carbocycles. The highest BCUT2D eigenvalue weighted by molar-refractivity contribution is 7.12. The summed E-state index contributed by atoms with van der Waals surface area (Å²) < 4.78 is 0. The lowest BCUT2D eigenvalue weighted by Gasteiger charge is -2.07. The zero-order valence-electron chi connectivity index (χ0n) is 11.4. The molecule has 22 heavy (non-hydrogen) atoms. The van der Waals surface area contributed by atoms with Gasteiger partial charge in [-0.3, -0.25) is 9.59 Å². The zero-order valence-corrected chi connectivity index (χ0v) is 13.0. The number of anilines is 2. The Hall–Kier alpha value is -2.44. The van der Waals surface area contributed by atoms with Crippen molar-refractivity contribution in [3.05, 3.63) is 69.0 Å². The molecular weight excluding hydrogens is 316 g/mol. The molecule has 0 atom stereocenters. The van der Waals surface area contributed by atoms with E-state index in [-0.39, 0.29) is 11.8 Å². The van der Waals surface area contributed by atoms with Crippen LogP contribution in [-0.2, 0) is 0 Å². The van der Waals surface area contributed by atoms with E-state index in [2.05, 4.69) is 10.6 Å². The average Bonchev–Trinajstić information content (AvgIpc) is 3.21. The Morgan fingerprint density at radius 3 is 2.27 bits per heavy atom. The number of amides is 2. The van der Waals surface area contributed by atoms with Gasteiger partial charge in [0.2, 0.25) is 0 Å². The fraction of sp³-hybridized carbons (Fsp3) is 0. The second-order valence-corrected chi connectivity index (χ2v) is 6.21. The van der Waals surface area contributed by atoms with E-state index in [4.69, 9.17) is 0 Å². The first kappa shape index (κ1) is 14.5. The predicted octanol–water partition coefficient (Wildman–Crippen LogP) is 4.31. The van der Waals surface area contributed by atoms with Gasteiger partial charge in [0.1, 0.15) is 0 Å². The molecule has 4 nitrogen and oxygen atoms in total. The maximum atomic E-state index is 12.0. The second-order valence-electron chi connectivity index (χ2n) is 4.48. The SMILES string of the molecule is O=C(Nc1cccc(NC(=O)c2cccs2)c1)c1ccsc1. The van der Waals surface area contributed by atoms with Crippen molar-refractivity contribution in [2.45, 2.75) is 0 Å². The topological polar surface area (TPSA) is 58.2 Å². The summed E-state index contributed by atoms with van der Waals surface area (Å²) in [6.45, 7) is 0. The van der Waals surface area contributed by atoms with Gasteiger partial charge in [-0.15, -0.1) is 11.3 Å². The largest absolute Gasteiger partial charge is 0.322 e. The molecule has 0 aliphatic carbocycles. The van der Waals surface area contributed by atoms with Gasteiger partial charge in [-0.1, -0.05) is 12.1 Å². The second kappa shape index (κ2) is 6.55. The van der Waals surface area contributed by atoms with E-state index in [1.807, 2.05) is 16.8 Å². The Kier molecular flexibility index (Phi) is 4.32. The highest BCUT2D eigenvalue weighted by Crippen LogP contribution is 2.18. The summed E-state index contributed by atoms with van der Waals surface area (Å²) in [6, 6.07) is 12.4. The minimum atomic E-state index is -0.164. The Bertz CT molecular complexity index is 717. The number of carbonyl (C=O) groups is 2. The van der Waals surface area contributed by atoms with Gasteiger partial charge in [-0.25, -0.2) is 0 Å². The van der Waals surface area contributed by atoms with Crippen LogP contribution in [0.2, 0.25) is 0 Å². The number of nitrogens with one attached hydrogen (secondary N) is 2. The van der Waals surface area contributed by atoms with Gasteiger partial charge < -0.3 is 10.6 Å². The zero-order chi connectivity index (χ0) is 15.4. The monoisotopic (exact) mass is 328 g/mol. The summed E-state index contributed by atoms with van der Waals surface area (Å²) in [6.07, 6.45) is 0. The first-order valence-electron chi connectivity index (χ1n) is 6.51. The van der Waals surface area contributed by atoms with Gasteiger partial charge >= 0.3 is 0 Å². The molecule has 0 aliphatic rings. The third kappa shape index (κ3) is 3.41. The normalized spacial score (nSPS) is 10.2. The van der Waals surface area contributed by atoms with Crippen LogP contribution in [0.5, 0.6) is 0 Å². The van der Waals surface area contributed by atoms with Gasteiger partial charge in [-0.2, -0.15) is 11.3 Å². The lowest BCUT2D eigenvalue weighted by Crippen LogP contribution is -2.12. The Morgan fingerprint density at radius 2 is 1.64 bits per heavy atom. The molecule has 2 aromatic heterocycles. The van der Waals surface area contributed by atoms with E-state index in [1.165, 1.54) is 22.7 Å². The molecule has 0 saturated heterocycles. The molecule has 2 heterocycles. The molecule has 3 aromatic rings. The molecule has 0 unspecified atom stereocenters. The minimum Gasteiger partial charge on any atom is -0.322 e. The molecule has 2 amide bonds. The van der Waals surface area contributed by atoms with Crippen LogP contribution < -0.4 is 10.6 Å². The smallest absolute Gasteiger partial charge is 0.265 e. The van der Waals surface area contributed by atoms with Crippen LogP contribution in [0, 0.1) is 0 Å². The Morgan fingerprint density at radius 1 is 0.864 bits per heavy atom. The molecule has 0 saturated carbocycles. The Labute approximate surface area is 135 Å². The lowest BCUT2D eigenvalue weighted by molar-refractivity contribution is 0.102. The maximum absolute atomic E-state index is 12.0. The number of benzene rings is 1. The summed E-state index contributed by atoms with van der Waals surface area (Å²) in [5, 5.41) is 11.1. The van der Waals surface area contributed by atoms with Crippen molar-refractivity contribution in [3.63, 3.8) is 0 Å². The summed E-state index contributed by atoms with van der Waals surface area (Å²) in [5.74, 6) is -0.320. The summed E-state index contributed by atoms with van der Waals surface area (Å²) in [5.41, 5.74) is 1.90. The molecular formula is C16H12N2O2S2. The van der Waals surface area contributed by atoms with Crippen LogP contribution >= 0.6 is 22.7 Å². The number of thiophene rings is 2. The van der Waals surface area contributed by atoms with Crippen LogP contribution in [0.1, 0.15) is 20.0 Å². The third-order valence-electron chi connectivity index (χ3n) is 2.91. The fourth-order valence-corrected chi connectivity index (χ4v) is 3.13. The van der Waals surface area contributed by atoms with Crippen LogP contribution in [-0.4, -0.2) is 11.8 Å². The Balaban J connectivity index is 1.70. The molecule has 110 valence electrons. The summed E-state index contributed by atoms with van der Waals surface area (Å²) in [7, 11) is 0. The number of hydrogen-bond acceptors (Lipinski definition) is 4. The van der Waals surface area contributed by atoms with Crippen molar-refractivity contribution in [1.82, 2.24) is 0 Å². The molecule has 2 N–H and O–H groups in total. The maximum Gasteiger partial charge on any atom is 0.265 e. The van der Waals surface area contributed by atoms with Crippen molar-refractivity contribution < 1.29 is 9.59 Å². The first-order chi connectivity index (χ1) is 10.7. The van der Waals surface area contributed by atoms with Crippen molar-refractivity contribution in [2.75, 3.05) is 10.6 Å². The quantitative estimate of drug-likeness (QED) is 0.749. The molecule has 6 heteroatoms. The molecule has 0 fully saturated rings. The lowest BCUT2D eigenvalue weighted by atomic mass is 10.2. The van der Waals surface area contributed by atoms with Crippen molar-refractivity contribution in [2.24, 2.45) is 0 Å². The first-order valence-corrected chi connectivity index (χ1v) is 8.33. The van der Waals surface area contributed by atoms with Crippen LogP contribution in [0.3, 0.4) is 0 Å². The number of rotatable bonds is 4. The van der Waals surface area contributed by atoms with Crippen LogP contribution in [0.15, 0.2) is 58.6 Å². The highest BCUT2D eigenvalue weighted by atomic mass is 32.1. The fourth-order valence-electron chi connectivity index (χ4n) is 1.87. The highest BCUT2D eigenvalue weighted by Gasteiger charge is 2.09. The van der Waals surface area contributed by atoms with Crippen molar-refractivity contribution in [3.8, 4) is 0 Å². The van der Waals surface area contributed by atoms with Crippen molar-refractivity contribution in [1.29, 1.82) is 0 Å². The van der Waals surface area contributed by atoms with E-state index in [0.29, 0.717) is 21.8 Å². The molecule has 0 bridgehead atoms. The van der Waals surface area contributed by atoms with E-state index in [0.717, 1.165) is 0 Å². The molecule has 0 radical (unpaired) electrons. The van der Waals surface area contributed by atoms with E-state index >= 15 is 0 Å². The number of carbonyl (C=O) groups excluding carboxylic acids is 2. The van der Waals surface area contributed by atoms with Crippen molar-refractivity contribution >= 4 is 45.9 Å². The summed E-state index contributed by atoms with van der Waals surface area (Å²) >= 11 is 2.85. The summed E-state index contributed by atoms with van der Waals surface area (Å²) in [4.78, 5) is 24.7. The molecule has 0 aliphatic heterocycles. The van der Waals surface area contributed by atoms with Gasteiger partial charge in [0.25, 0.3) is 11.8 Å². The van der Waals surface area contributed by atoms with Crippen LogP contribution in [0.4, 0.5) is 11.4 Å². The van der Waals surface area contributed by atoms with Gasteiger partial charge in [0.15, 0.2) is 0 Å². The van der Waals surface area contributed by atoms with Gasteiger partial charge in [-0.05, 0) is 41.1 Å². The van der Waals surface area contributed by atoms with Crippen LogP contribution in [0.25, 0.3) is 0 Å². The van der Waals surface area contributed by atoms with E-state index in [9.17, 15) is 9.59 Å². The van der Waals surface area contributed by atoms with E-state index < -0.39 is 0 Å². The van der Waals surface area contributed by atoms with Gasteiger partial charge in [0.05, 0.1) is 10.4 Å². The predicted molar refractivity (Wildman–Crippen MR) is 91.0 cm³/mol. The third-order valence-corrected chi connectivity index (χ3v) is 4.46. The number of hydrogen-bond donors (Lipinski definition) is 2. The minimum absolute atomic E-state index is 0.156.